The van der Waals surface area contributed by atoms with Crippen molar-refractivity contribution in [3.8, 4) is 5.88 Å². The highest BCUT2D eigenvalue weighted by Crippen LogP contribution is 2.30. The minimum atomic E-state index is 0.647. The van der Waals surface area contributed by atoms with E-state index in [0.717, 1.165) is 23.4 Å². The summed E-state index contributed by atoms with van der Waals surface area (Å²) in [6.45, 7) is 5.15. The van der Waals surface area contributed by atoms with Crippen LogP contribution in [0.1, 0.15) is 37.4 Å². The van der Waals surface area contributed by atoms with Gasteiger partial charge in [-0.15, -0.1) is 0 Å². The number of methoxy groups -OCH3 is 1. The summed E-state index contributed by atoms with van der Waals surface area (Å²) in [5, 5.41) is 8.93. The SMILES string of the molecule is CCSC1CCC(NCc2c(C)nn(C)c2OC)C1. The lowest BCUT2D eigenvalue weighted by molar-refractivity contribution is 0.366. The van der Waals surface area contributed by atoms with Gasteiger partial charge in [-0.3, -0.25) is 0 Å². The van der Waals surface area contributed by atoms with Crippen molar-refractivity contribution in [2.45, 2.75) is 50.9 Å². The lowest BCUT2D eigenvalue weighted by Crippen LogP contribution is -2.26. The number of hydrogen-bond acceptors (Lipinski definition) is 4. The average Bonchev–Trinajstić information content (AvgIpc) is 2.92. The summed E-state index contributed by atoms with van der Waals surface area (Å²) in [7, 11) is 3.64. The van der Waals surface area contributed by atoms with Crippen LogP contribution in [0.25, 0.3) is 0 Å². The fourth-order valence-electron chi connectivity index (χ4n) is 2.90. The molecule has 108 valence electrons. The van der Waals surface area contributed by atoms with E-state index in [9.17, 15) is 0 Å². The summed E-state index contributed by atoms with van der Waals surface area (Å²) in [4.78, 5) is 0. The van der Waals surface area contributed by atoms with E-state index in [-0.39, 0.29) is 0 Å². The number of aromatic nitrogens is 2. The summed E-state index contributed by atoms with van der Waals surface area (Å²) in [5.74, 6) is 2.11. The molecule has 0 aliphatic heterocycles. The molecule has 0 bridgehead atoms. The van der Waals surface area contributed by atoms with Crippen molar-refractivity contribution in [2.75, 3.05) is 12.9 Å². The van der Waals surface area contributed by atoms with E-state index in [1.54, 1.807) is 7.11 Å². The smallest absolute Gasteiger partial charge is 0.216 e. The molecule has 1 aliphatic carbocycles. The van der Waals surface area contributed by atoms with Gasteiger partial charge in [-0.2, -0.15) is 16.9 Å². The van der Waals surface area contributed by atoms with Crippen LogP contribution in [-0.2, 0) is 13.6 Å². The number of aryl methyl sites for hydroxylation is 2. The maximum Gasteiger partial charge on any atom is 0.216 e. The van der Waals surface area contributed by atoms with Crippen LogP contribution in [-0.4, -0.2) is 33.9 Å². The van der Waals surface area contributed by atoms with E-state index in [2.05, 4.69) is 29.1 Å². The van der Waals surface area contributed by atoms with Gasteiger partial charge in [0, 0.05) is 24.9 Å². The molecule has 19 heavy (non-hydrogen) atoms. The van der Waals surface area contributed by atoms with E-state index < -0.39 is 0 Å². The van der Waals surface area contributed by atoms with E-state index in [0.29, 0.717) is 6.04 Å². The monoisotopic (exact) mass is 283 g/mol. The van der Waals surface area contributed by atoms with Crippen molar-refractivity contribution in [3.05, 3.63) is 11.3 Å². The number of thioether (sulfide) groups is 1. The van der Waals surface area contributed by atoms with Crippen LogP contribution in [0.4, 0.5) is 0 Å². The molecule has 1 aromatic heterocycles. The van der Waals surface area contributed by atoms with Crippen molar-refractivity contribution in [1.82, 2.24) is 15.1 Å². The lowest BCUT2D eigenvalue weighted by Gasteiger charge is -2.13. The van der Waals surface area contributed by atoms with E-state index in [1.165, 1.54) is 30.6 Å². The second-order valence-electron chi connectivity index (χ2n) is 5.17. The largest absolute Gasteiger partial charge is 0.481 e. The van der Waals surface area contributed by atoms with Crippen LogP contribution in [0.2, 0.25) is 0 Å². The van der Waals surface area contributed by atoms with Gasteiger partial charge in [-0.05, 0) is 31.9 Å². The van der Waals surface area contributed by atoms with Crippen molar-refractivity contribution < 1.29 is 4.74 Å². The normalized spacial score (nSPS) is 22.9. The van der Waals surface area contributed by atoms with E-state index >= 15 is 0 Å². The molecule has 4 nitrogen and oxygen atoms in total. The van der Waals surface area contributed by atoms with Crippen molar-refractivity contribution in [3.63, 3.8) is 0 Å². The highest BCUT2D eigenvalue weighted by Gasteiger charge is 2.25. The van der Waals surface area contributed by atoms with Crippen LogP contribution in [0.15, 0.2) is 0 Å². The van der Waals surface area contributed by atoms with Gasteiger partial charge in [-0.1, -0.05) is 6.92 Å². The maximum atomic E-state index is 5.43. The molecule has 1 N–H and O–H groups in total. The molecular weight excluding hydrogens is 258 g/mol. The Balaban J connectivity index is 1.89. The number of nitrogens with zero attached hydrogens (tertiary/aromatic N) is 2. The number of ether oxygens (including phenoxy) is 1. The van der Waals surface area contributed by atoms with Gasteiger partial charge in [0.2, 0.25) is 5.88 Å². The summed E-state index contributed by atoms with van der Waals surface area (Å²) < 4.78 is 7.24. The van der Waals surface area contributed by atoms with Crippen LogP contribution >= 0.6 is 11.8 Å². The molecule has 1 aromatic rings. The van der Waals surface area contributed by atoms with E-state index in [4.69, 9.17) is 4.74 Å². The Morgan fingerprint density at radius 3 is 2.95 bits per heavy atom. The molecule has 1 fully saturated rings. The molecule has 1 heterocycles. The minimum Gasteiger partial charge on any atom is -0.481 e. The molecule has 5 heteroatoms. The molecule has 0 aromatic carbocycles. The summed E-state index contributed by atoms with van der Waals surface area (Å²) in [6, 6.07) is 0.647. The topological polar surface area (TPSA) is 39.1 Å². The fraction of sp³-hybridized carbons (Fsp3) is 0.786. The van der Waals surface area contributed by atoms with Gasteiger partial charge < -0.3 is 10.1 Å². The predicted molar refractivity (Wildman–Crippen MR) is 80.9 cm³/mol. The first-order chi connectivity index (χ1) is 9.15. The number of rotatable bonds is 6. The second-order valence-corrected chi connectivity index (χ2v) is 6.74. The maximum absolute atomic E-state index is 5.43. The Morgan fingerprint density at radius 2 is 2.26 bits per heavy atom. The van der Waals surface area contributed by atoms with Gasteiger partial charge >= 0.3 is 0 Å². The first kappa shape index (κ1) is 14.7. The molecular formula is C14H25N3OS. The van der Waals surface area contributed by atoms with E-state index in [1.807, 2.05) is 18.7 Å². The molecule has 2 unspecified atom stereocenters. The Kier molecular flexibility index (Phi) is 5.16. The van der Waals surface area contributed by atoms with Gasteiger partial charge in [0.15, 0.2) is 0 Å². The number of hydrogen-bond donors (Lipinski definition) is 1. The third kappa shape index (κ3) is 3.45. The Bertz CT molecular complexity index is 419. The Hall–Kier alpha value is -0.680. The third-order valence-corrected chi connectivity index (χ3v) is 5.07. The third-order valence-electron chi connectivity index (χ3n) is 3.84. The quantitative estimate of drug-likeness (QED) is 0.870. The zero-order valence-corrected chi connectivity index (χ0v) is 13.2. The van der Waals surface area contributed by atoms with Crippen LogP contribution in [0.3, 0.4) is 0 Å². The molecule has 0 amide bonds. The Labute approximate surface area is 120 Å². The molecule has 1 saturated carbocycles. The molecule has 0 radical (unpaired) electrons. The molecule has 1 aliphatic rings. The average molecular weight is 283 g/mol. The van der Waals surface area contributed by atoms with Gasteiger partial charge in [-0.25, -0.2) is 4.68 Å². The van der Waals surface area contributed by atoms with Gasteiger partial charge in [0.1, 0.15) is 0 Å². The fourth-order valence-corrected chi connectivity index (χ4v) is 4.04. The highest BCUT2D eigenvalue weighted by atomic mass is 32.2. The van der Waals surface area contributed by atoms with Gasteiger partial charge in [0.25, 0.3) is 0 Å². The Morgan fingerprint density at radius 1 is 1.47 bits per heavy atom. The number of nitrogens with one attached hydrogen (secondary N) is 1. The van der Waals surface area contributed by atoms with Crippen LogP contribution in [0.5, 0.6) is 5.88 Å². The first-order valence-electron chi connectivity index (χ1n) is 7.07. The predicted octanol–water partition coefficient (Wildman–Crippen LogP) is 2.50. The van der Waals surface area contributed by atoms with Crippen molar-refractivity contribution >= 4 is 11.8 Å². The molecule has 0 saturated heterocycles. The highest BCUT2D eigenvalue weighted by molar-refractivity contribution is 7.99. The summed E-state index contributed by atoms with van der Waals surface area (Å²) in [6.07, 6.45) is 3.93. The van der Waals surface area contributed by atoms with Gasteiger partial charge in [0.05, 0.1) is 18.4 Å². The summed E-state index contributed by atoms with van der Waals surface area (Å²) >= 11 is 2.10. The van der Waals surface area contributed by atoms with Crippen LogP contribution < -0.4 is 10.1 Å². The minimum absolute atomic E-state index is 0.647. The van der Waals surface area contributed by atoms with Crippen molar-refractivity contribution in [2.24, 2.45) is 7.05 Å². The first-order valence-corrected chi connectivity index (χ1v) is 8.12. The lowest BCUT2D eigenvalue weighted by atomic mass is 10.2. The van der Waals surface area contributed by atoms with Crippen LogP contribution in [0, 0.1) is 6.92 Å². The molecule has 2 rings (SSSR count). The molecule has 0 spiro atoms. The second kappa shape index (κ2) is 6.66. The zero-order chi connectivity index (χ0) is 13.8. The summed E-state index contributed by atoms with van der Waals surface area (Å²) in [5.41, 5.74) is 2.25. The standard InChI is InChI=1S/C14H25N3OS/c1-5-19-12-7-6-11(8-12)15-9-13-10(2)16-17(3)14(13)18-4/h11-12,15H,5-9H2,1-4H3. The van der Waals surface area contributed by atoms with Crippen molar-refractivity contribution in [1.29, 1.82) is 0 Å². The zero-order valence-electron chi connectivity index (χ0n) is 12.4. The molecule has 2 atom stereocenters.